The van der Waals surface area contributed by atoms with E-state index < -0.39 is 41.1 Å². The van der Waals surface area contributed by atoms with Crippen LogP contribution in [0.25, 0.3) is 0 Å². The second-order valence-electron chi connectivity index (χ2n) is 7.40. The van der Waals surface area contributed by atoms with Gasteiger partial charge in [0.1, 0.15) is 5.82 Å². The number of nitrogens with one attached hydrogen (secondary N) is 1. The van der Waals surface area contributed by atoms with Crippen molar-refractivity contribution in [3.05, 3.63) is 59.5 Å². The van der Waals surface area contributed by atoms with Gasteiger partial charge in [-0.05, 0) is 43.2 Å². The molecule has 1 saturated carbocycles. The summed E-state index contributed by atoms with van der Waals surface area (Å²) in [6.07, 6.45) is -5.71. The minimum atomic E-state index is -4.52. The molecule has 3 N–H and O–H groups in total. The Morgan fingerprint density at radius 3 is 2.26 bits per heavy atom. The molecule has 3 atom stereocenters. The first kappa shape index (κ1) is 24.8. The van der Waals surface area contributed by atoms with Crippen LogP contribution in [0.3, 0.4) is 0 Å². The third-order valence-corrected chi connectivity index (χ3v) is 5.05. The highest BCUT2D eigenvalue weighted by molar-refractivity contribution is 5.94. The van der Waals surface area contributed by atoms with Gasteiger partial charge in [-0.25, -0.2) is 9.37 Å². The van der Waals surface area contributed by atoms with Gasteiger partial charge in [-0.3, -0.25) is 4.79 Å². The van der Waals surface area contributed by atoms with Crippen LogP contribution < -0.4 is 10.1 Å². The minimum Gasteiger partial charge on any atom is -0.477 e. The Kier molecular flexibility index (Phi) is 7.85. The summed E-state index contributed by atoms with van der Waals surface area (Å²) >= 11 is 0. The molecule has 0 spiro atoms. The van der Waals surface area contributed by atoms with Gasteiger partial charge in [0, 0.05) is 29.8 Å². The molecule has 0 radical (unpaired) electrons. The molecule has 2 aromatic rings. The largest absolute Gasteiger partial charge is 0.477 e. The molecule has 31 heavy (non-hydrogen) atoms. The highest BCUT2D eigenvalue weighted by Gasteiger charge is 2.45. The number of hydrogen-bond donors (Lipinski definition) is 3. The van der Waals surface area contributed by atoms with Crippen molar-refractivity contribution >= 4 is 18.3 Å². The fourth-order valence-electron chi connectivity index (χ4n) is 3.39. The van der Waals surface area contributed by atoms with Gasteiger partial charge in [-0.2, -0.15) is 13.2 Å². The maximum Gasteiger partial charge on any atom is 0.417 e. The van der Waals surface area contributed by atoms with Crippen molar-refractivity contribution in [1.29, 1.82) is 0 Å². The van der Waals surface area contributed by atoms with Gasteiger partial charge >= 0.3 is 6.18 Å². The van der Waals surface area contributed by atoms with Crippen molar-refractivity contribution < 1.29 is 37.3 Å². The number of pyridine rings is 1. The Morgan fingerprint density at radius 1 is 1.13 bits per heavy atom. The van der Waals surface area contributed by atoms with E-state index in [2.05, 4.69) is 10.3 Å². The number of rotatable bonds is 6. The van der Waals surface area contributed by atoms with Crippen molar-refractivity contribution in [3.63, 3.8) is 0 Å². The van der Waals surface area contributed by atoms with Gasteiger partial charge in [0.25, 0.3) is 5.91 Å². The molecule has 1 aliphatic carbocycles. The predicted molar refractivity (Wildman–Crippen MR) is 104 cm³/mol. The van der Waals surface area contributed by atoms with E-state index in [0.29, 0.717) is 6.20 Å². The van der Waals surface area contributed by atoms with Gasteiger partial charge in [-0.1, -0.05) is 0 Å². The van der Waals surface area contributed by atoms with Crippen LogP contribution in [-0.4, -0.2) is 46.5 Å². The van der Waals surface area contributed by atoms with Crippen molar-refractivity contribution in [1.82, 2.24) is 10.3 Å². The smallest absolute Gasteiger partial charge is 0.417 e. The predicted octanol–water partition coefficient (Wildman–Crippen LogP) is 2.97. The first-order chi connectivity index (χ1) is 14.1. The van der Waals surface area contributed by atoms with Crippen LogP contribution >= 0.6 is 12.4 Å². The van der Waals surface area contributed by atoms with Crippen LogP contribution in [0.5, 0.6) is 5.88 Å². The van der Waals surface area contributed by atoms with E-state index in [-0.39, 0.29) is 49.8 Å². The lowest BCUT2D eigenvalue weighted by molar-refractivity contribution is -0.137. The van der Waals surface area contributed by atoms with E-state index in [4.69, 9.17) is 4.74 Å². The van der Waals surface area contributed by atoms with E-state index in [1.165, 1.54) is 12.1 Å². The fraction of sp³-hybridized carbons (Fsp3) is 0.400. The SMILES string of the molecule is Cl.O=C(NCC1(COc2ccc(C(F)(F)F)cn2)C[C@@H](O)[C@@H](O)C1)c1ccc(F)cc1. The number of carbonyl (C=O) groups is 1. The van der Waals surface area contributed by atoms with Crippen LogP contribution in [0.1, 0.15) is 28.8 Å². The summed E-state index contributed by atoms with van der Waals surface area (Å²) in [6, 6.07) is 6.84. The molecule has 1 unspecified atom stereocenters. The average molecular weight is 465 g/mol. The standard InChI is InChI=1S/C20H20F4N2O4.ClH/c21-14-4-1-12(2-5-14)18(29)26-10-19(7-15(27)16(28)8-19)11-30-17-6-3-13(9-25-17)20(22,23)24;/h1-6,9,15-16,27-28H,7-8,10-11H2,(H,26,29);1H/t15-,16+,19?;. The monoisotopic (exact) mass is 464 g/mol. The van der Waals surface area contributed by atoms with Gasteiger partial charge < -0.3 is 20.3 Å². The Hall–Kier alpha value is -2.43. The number of ether oxygens (including phenoxy) is 1. The number of aromatic nitrogens is 1. The summed E-state index contributed by atoms with van der Waals surface area (Å²) in [7, 11) is 0. The maximum absolute atomic E-state index is 13.0. The zero-order valence-corrected chi connectivity index (χ0v) is 16.9. The zero-order chi connectivity index (χ0) is 21.9. The molecule has 1 aromatic heterocycles. The van der Waals surface area contributed by atoms with Crippen LogP contribution in [0.15, 0.2) is 42.6 Å². The highest BCUT2D eigenvalue weighted by Crippen LogP contribution is 2.39. The van der Waals surface area contributed by atoms with E-state index in [9.17, 15) is 32.6 Å². The number of amides is 1. The topological polar surface area (TPSA) is 91.7 Å². The third kappa shape index (κ3) is 6.28. The number of hydrogen-bond acceptors (Lipinski definition) is 5. The van der Waals surface area contributed by atoms with Crippen molar-refractivity contribution in [2.24, 2.45) is 5.41 Å². The molecular weight excluding hydrogens is 444 g/mol. The van der Waals surface area contributed by atoms with Crippen LogP contribution in [0, 0.1) is 11.2 Å². The van der Waals surface area contributed by atoms with Gasteiger partial charge in [0.15, 0.2) is 0 Å². The number of halogens is 5. The first-order valence-corrected chi connectivity index (χ1v) is 9.14. The summed E-state index contributed by atoms with van der Waals surface area (Å²) in [5, 5.41) is 22.6. The van der Waals surface area contributed by atoms with Crippen molar-refractivity contribution in [3.8, 4) is 5.88 Å². The molecule has 0 bridgehead atoms. The maximum atomic E-state index is 13.0. The van der Waals surface area contributed by atoms with Crippen molar-refractivity contribution in [2.75, 3.05) is 13.2 Å². The van der Waals surface area contributed by atoms with E-state index >= 15 is 0 Å². The summed E-state index contributed by atoms with van der Waals surface area (Å²) < 4.78 is 56.4. The number of carbonyl (C=O) groups excluding carboxylic acids is 1. The lowest BCUT2D eigenvalue weighted by Crippen LogP contribution is -2.40. The molecule has 3 rings (SSSR count). The number of benzene rings is 1. The number of aliphatic hydroxyl groups excluding tert-OH is 2. The second-order valence-corrected chi connectivity index (χ2v) is 7.40. The normalized spacial score (nSPS) is 23.2. The molecular formula is C20H21ClF4N2O4. The number of aliphatic hydroxyl groups is 2. The summed E-state index contributed by atoms with van der Waals surface area (Å²) in [5.41, 5.74) is -1.54. The van der Waals surface area contributed by atoms with Gasteiger partial charge in [0.2, 0.25) is 5.88 Å². The van der Waals surface area contributed by atoms with E-state index in [0.717, 1.165) is 24.3 Å². The summed E-state index contributed by atoms with van der Waals surface area (Å²) in [4.78, 5) is 15.9. The number of nitrogens with zero attached hydrogens (tertiary/aromatic N) is 1. The fourth-order valence-corrected chi connectivity index (χ4v) is 3.39. The Balaban J connectivity index is 0.00000341. The van der Waals surface area contributed by atoms with Crippen LogP contribution in [0.4, 0.5) is 17.6 Å². The summed E-state index contributed by atoms with van der Waals surface area (Å²) in [5.74, 6) is -1.01. The van der Waals surface area contributed by atoms with Crippen molar-refractivity contribution in [2.45, 2.75) is 31.2 Å². The average Bonchev–Trinajstić information content (AvgIpc) is 2.99. The van der Waals surface area contributed by atoms with E-state index in [1.807, 2.05) is 0 Å². The Labute approximate surface area is 181 Å². The quantitative estimate of drug-likeness (QED) is 0.572. The Bertz CT molecular complexity index is 868. The van der Waals surface area contributed by atoms with Crippen LogP contribution in [0.2, 0.25) is 0 Å². The molecule has 0 aliphatic heterocycles. The molecule has 1 aromatic carbocycles. The molecule has 1 aliphatic rings. The molecule has 0 saturated heterocycles. The molecule has 170 valence electrons. The molecule has 6 nitrogen and oxygen atoms in total. The molecule has 1 heterocycles. The molecule has 1 fully saturated rings. The van der Waals surface area contributed by atoms with E-state index in [1.54, 1.807) is 0 Å². The van der Waals surface area contributed by atoms with Gasteiger partial charge in [0.05, 0.1) is 24.4 Å². The van der Waals surface area contributed by atoms with Crippen LogP contribution in [-0.2, 0) is 6.18 Å². The first-order valence-electron chi connectivity index (χ1n) is 9.14. The second kappa shape index (κ2) is 9.80. The number of alkyl halides is 3. The zero-order valence-electron chi connectivity index (χ0n) is 16.1. The molecule has 1 amide bonds. The Morgan fingerprint density at radius 2 is 1.74 bits per heavy atom. The third-order valence-electron chi connectivity index (χ3n) is 5.05. The molecule has 11 heteroatoms. The lowest BCUT2D eigenvalue weighted by Gasteiger charge is -2.29. The minimum absolute atomic E-state index is 0. The lowest BCUT2D eigenvalue weighted by atomic mass is 9.86. The van der Waals surface area contributed by atoms with Gasteiger partial charge in [-0.15, -0.1) is 12.4 Å². The highest BCUT2D eigenvalue weighted by atomic mass is 35.5. The summed E-state index contributed by atoms with van der Waals surface area (Å²) in [6.45, 7) is -0.0683.